The molecule has 0 aliphatic carbocycles. The van der Waals surface area contributed by atoms with Crippen molar-refractivity contribution in [1.29, 1.82) is 0 Å². The zero-order valence-corrected chi connectivity index (χ0v) is 10.7. The number of hydrogen-bond acceptors (Lipinski definition) is 4. The zero-order valence-electron chi connectivity index (χ0n) is 10.7. The van der Waals surface area contributed by atoms with Crippen LogP contribution in [0.25, 0.3) is 0 Å². The van der Waals surface area contributed by atoms with Gasteiger partial charge in [-0.3, -0.25) is 4.79 Å². The van der Waals surface area contributed by atoms with E-state index in [1.165, 1.54) is 33.9 Å². The van der Waals surface area contributed by atoms with E-state index >= 15 is 0 Å². The van der Waals surface area contributed by atoms with Gasteiger partial charge in [0.2, 0.25) is 0 Å². The molecule has 0 bridgehead atoms. The highest BCUT2D eigenvalue weighted by atomic mass is 16.6. The van der Waals surface area contributed by atoms with Gasteiger partial charge in [0.1, 0.15) is 6.61 Å². The van der Waals surface area contributed by atoms with Crippen LogP contribution in [0.3, 0.4) is 0 Å². The van der Waals surface area contributed by atoms with Gasteiger partial charge in [-0.15, -0.1) is 0 Å². The monoisotopic (exact) mass is 278 g/mol. The summed E-state index contributed by atoms with van der Waals surface area (Å²) in [6.07, 6.45) is 2.29. The molecule has 1 aromatic rings. The molecular formula is C13H14N2O5. The van der Waals surface area contributed by atoms with Gasteiger partial charge in [-0.1, -0.05) is 12.7 Å². The van der Waals surface area contributed by atoms with E-state index in [1.807, 2.05) is 0 Å². The standard InChI is InChI=1S/C13H14N2O5/c1-2-5-20-13(19)14-7-10(8-14)15-6-9(12(17)18)3-4-11(15)16/h2-4,6,10H,1,5,7-8H2,(H,17,18). The highest BCUT2D eigenvalue weighted by molar-refractivity contribution is 5.87. The largest absolute Gasteiger partial charge is 0.478 e. The van der Waals surface area contributed by atoms with Crippen LogP contribution in [0.5, 0.6) is 0 Å². The van der Waals surface area contributed by atoms with Crippen molar-refractivity contribution in [2.24, 2.45) is 0 Å². The fraction of sp³-hybridized carbons (Fsp3) is 0.308. The molecule has 1 fully saturated rings. The summed E-state index contributed by atoms with van der Waals surface area (Å²) in [5.41, 5.74) is -0.253. The Hall–Kier alpha value is -2.57. The summed E-state index contributed by atoms with van der Waals surface area (Å²) in [5, 5.41) is 8.90. The fourth-order valence-corrected chi connectivity index (χ4v) is 1.92. The van der Waals surface area contributed by atoms with Crippen molar-refractivity contribution in [3.05, 3.63) is 46.9 Å². The molecule has 0 aromatic carbocycles. The molecule has 7 nitrogen and oxygen atoms in total. The second-order valence-corrected chi connectivity index (χ2v) is 4.39. The van der Waals surface area contributed by atoms with E-state index < -0.39 is 12.1 Å². The van der Waals surface area contributed by atoms with Crippen molar-refractivity contribution in [2.45, 2.75) is 6.04 Å². The maximum absolute atomic E-state index is 11.7. The van der Waals surface area contributed by atoms with Gasteiger partial charge >= 0.3 is 12.1 Å². The number of likely N-dealkylation sites (tertiary alicyclic amines) is 1. The zero-order chi connectivity index (χ0) is 14.7. The van der Waals surface area contributed by atoms with Gasteiger partial charge < -0.3 is 19.3 Å². The van der Waals surface area contributed by atoms with E-state index in [0.29, 0.717) is 13.1 Å². The molecule has 20 heavy (non-hydrogen) atoms. The summed E-state index contributed by atoms with van der Waals surface area (Å²) >= 11 is 0. The lowest BCUT2D eigenvalue weighted by molar-refractivity contribution is 0.0615. The van der Waals surface area contributed by atoms with Gasteiger partial charge in [0.05, 0.1) is 11.6 Å². The van der Waals surface area contributed by atoms with Crippen LogP contribution >= 0.6 is 0 Å². The number of hydrogen-bond donors (Lipinski definition) is 1. The minimum atomic E-state index is -1.10. The van der Waals surface area contributed by atoms with Gasteiger partial charge in [0.15, 0.2) is 0 Å². The third-order valence-corrected chi connectivity index (χ3v) is 3.02. The Labute approximate surface area is 114 Å². The van der Waals surface area contributed by atoms with Crippen LogP contribution in [0.1, 0.15) is 16.4 Å². The quantitative estimate of drug-likeness (QED) is 0.820. The summed E-state index contributed by atoms with van der Waals surface area (Å²) in [6.45, 7) is 4.21. The van der Waals surface area contributed by atoms with E-state index in [9.17, 15) is 14.4 Å². The molecule has 0 unspecified atom stereocenters. The molecule has 2 rings (SSSR count). The molecule has 0 spiro atoms. The van der Waals surface area contributed by atoms with Crippen LogP contribution in [-0.2, 0) is 4.74 Å². The summed E-state index contributed by atoms with van der Waals surface area (Å²) < 4.78 is 6.19. The molecule has 0 saturated carbocycles. The van der Waals surface area contributed by atoms with Crippen molar-refractivity contribution in [2.75, 3.05) is 19.7 Å². The molecule has 1 amide bonds. The second kappa shape index (κ2) is 5.60. The normalized spacial score (nSPS) is 14.5. The highest BCUT2D eigenvalue weighted by Gasteiger charge is 2.33. The average molecular weight is 278 g/mol. The lowest BCUT2D eigenvalue weighted by Crippen LogP contribution is -2.52. The molecule has 1 aromatic heterocycles. The molecule has 106 valence electrons. The smallest absolute Gasteiger partial charge is 0.410 e. The van der Waals surface area contributed by atoms with Crippen molar-refractivity contribution >= 4 is 12.1 Å². The molecule has 1 N–H and O–H groups in total. The minimum Gasteiger partial charge on any atom is -0.478 e. The molecule has 1 aliphatic heterocycles. The van der Waals surface area contributed by atoms with E-state index in [1.54, 1.807) is 0 Å². The van der Waals surface area contributed by atoms with Crippen LogP contribution in [0.4, 0.5) is 4.79 Å². The number of carbonyl (C=O) groups is 2. The number of nitrogens with zero attached hydrogens (tertiary/aromatic N) is 2. The number of ether oxygens (including phenoxy) is 1. The topological polar surface area (TPSA) is 88.8 Å². The van der Waals surface area contributed by atoms with E-state index in [0.717, 1.165) is 0 Å². The maximum Gasteiger partial charge on any atom is 0.410 e. The Morgan fingerprint density at radius 1 is 1.45 bits per heavy atom. The van der Waals surface area contributed by atoms with E-state index in [2.05, 4.69) is 6.58 Å². The molecule has 2 heterocycles. The number of carboxylic acids is 1. The summed E-state index contributed by atoms with van der Waals surface area (Å²) in [6, 6.07) is 2.25. The van der Waals surface area contributed by atoms with Crippen LogP contribution in [0.15, 0.2) is 35.8 Å². The van der Waals surface area contributed by atoms with E-state index in [-0.39, 0.29) is 23.8 Å². The predicted molar refractivity (Wildman–Crippen MR) is 69.8 cm³/mol. The summed E-state index contributed by atoms with van der Waals surface area (Å²) in [5.74, 6) is -1.10. The first-order valence-corrected chi connectivity index (χ1v) is 6.01. The van der Waals surface area contributed by atoms with Crippen molar-refractivity contribution < 1.29 is 19.4 Å². The molecule has 7 heteroatoms. The molecule has 1 saturated heterocycles. The van der Waals surface area contributed by atoms with Crippen LogP contribution < -0.4 is 5.56 Å². The molecule has 1 aliphatic rings. The van der Waals surface area contributed by atoms with Gasteiger partial charge in [-0.2, -0.15) is 0 Å². The van der Waals surface area contributed by atoms with Crippen LogP contribution in [0.2, 0.25) is 0 Å². The van der Waals surface area contributed by atoms with Crippen molar-refractivity contribution in [1.82, 2.24) is 9.47 Å². The fourth-order valence-electron chi connectivity index (χ4n) is 1.92. The number of carboxylic acid groups (broad SMARTS) is 1. The van der Waals surface area contributed by atoms with Gasteiger partial charge in [0.25, 0.3) is 5.56 Å². The number of aromatic nitrogens is 1. The first-order chi connectivity index (χ1) is 9.52. The molecular weight excluding hydrogens is 264 g/mol. The number of carbonyl (C=O) groups excluding carboxylic acids is 1. The lowest BCUT2D eigenvalue weighted by atomic mass is 10.1. The average Bonchev–Trinajstić information content (AvgIpc) is 2.36. The lowest BCUT2D eigenvalue weighted by Gasteiger charge is -2.39. The summed E-state index contributed by atoms with van der Waals surface area (Å²) in [4.78, 5) is 35.5. The SMILES string of the molecule is C=CCOC(=O)N1CC(n2cc(C(=O)O)ccc2=O)C1. The molecule has 0 atom stereocenters. The Bertz CT molecular complexity index is 601. The highest BCUT2D eigenvalue weighted by Crippen LogP contribution is 2.20. The number of rotatable bonds is 4. The minimum absolute atomic E-state index is 0.0392. The first kappa shape index (κ1) is 13.9. The number of aromatic carboxylic acids is 1. The van der Waals surface area contributed by atoms with Crippen molar-refractivity contribution in [3.63, 3.8) is 0 Å². The number of amides is 1. The van der Waals surface area contributed by atoms with Gasteiger partial charge in [0, 0.05) is 25.4 Å². The Balaban J connectivity index is 2.04. The Morgan fingerprint density at radius 3 is 2.75 bits per heavy atom. The van der Waals surface area contributed by atoms with Gasteiger partial charge in [-0.25, -0.2) is 9.59 Å². The van der Waals surface area contributed by atoms with Gasteiger partial charge in [-0.05, 0) is 6.07 Å². The third kappa shape index (κ3) is 2.71. The third-order valence-electron chi connectivity index (χ3n) is 3.02. The Morgan fingerprint density at radius 2 is 2.15 bits per heavy atom. The number of pyridine rings is 1. The maximum atomic E-state index is 11.7. The molecule has 0 radical (unpaired) electrons. The van der Waals surface area contributed by atoms with Crippen LogP contribution in [0, 0.1) is 0 Å². The first-order valence-electron chi connectivity index (χ1n) is 6.01. The second-order valence-electron chi connectivity index (χ2n) is 4.39. The predicted octanol–water partition coefficient (Wildman–Crippen LogP) is 0.726. The van der Waals surface area contributed by atoms with Crippen LogP contribution in [-0.4, -0.2) is 46.3 Å². The Kier molecular flexibility index (Phi) is 3.88. The van der Waals surface area contributed by atoms with E-state index in [4.69, 9.17) is 9.84 Å². The summed E-state index contributed by atoms with van der Waals surface area (Å²) in [7, 11) is 0. The van der Waals surface area contributed by atoms with Crippen molar-refractivity contribution in [3.8, 4) is 0 Å².